The molecule has 2 fully saturated rings. The second-order valence-corrected chi connectivity index (χ2v) is 6.54. The summed E-state index contributed by atoms with van der Waals surface area (Å²) >= 11 is 0. The first-order valence-electron chi connectivity index (χ1n) is 7.22. The lowest BCUT2D eigenvalue weighted by Gasteiger charge is -2.36. The van der Waals surface area contributed by atoms with Gasteiger partial charge in [-0.1, -0.05) is 0 Å². The minimum Gasteiger partial charge on any atom is -0.332 e. The molecule has 0 saturated carbocycles. The number of carbonyl (C=O) groups is 2. The van der Waals surface area contributed by atoms with Crippen molar-refractivity contribution in [3.8, 4) is 0 Å². The molecule has 0 aromatic rings. The molecule has 5 nitrogen and oxygen atoms in total. The number of nitrogens with one attached hydrogen (secondary N) is 1. The van der Waals surface area contributed by atoms with Crippen molar-refractivity contribution in [3.63, 3.8) is 0 Å². The summed E-state index contributed by atoms with van der Waals surface area (Å²) in [7, 11) is 0. The van der Waals surface area contributed by atoms with Crippen LogP contribution in [-0.2, 0) is 9.59 Å². The number of amides is 2. The fourth-order valence-corrected chi connectivity index (χ4v) is 2.79. The monoisotopic (exact) mass is 267 g/mol. The van der Waals surface area contributed by atoms with Crippen LogP contribution in [0.15, 0.2) is 0 Å². The minimum absolute atomic E-state index is 0.101. The highest BCUT2D eigenvalue weighted by molar-refractivity contribution is 5.95. The first-order chi connectivity index (χ1) is 8.88. The smallest absolute Gasteiger partial charge is 0.245 e. The van der Waals surface area contributed by atoms with Crippen LogP contribution in [0.1, 0.15) is 40.0 Å². The van der Waals surface area contributed by atoms with Gasteiger partial charge in [-0.05, 0) is 46.6 Å². The summed E-state index contributed by atoms with van der Waals surface area (Å²) in [5, 5.41) is 3.40. The van der Waals surface area contributed by atoms with E-state index in [0.29, 0.717) is 6.54 Å². The molecule has 2 amide bonds. The molecular formula is C14H25N3O2. The topological polar surface area (TPSA) is 52.7 Å². The Morgan fingerprint density at radius 2 is 2.05 bits per heavy atom. The summed E-state index contributed by atoms with van der Waals surface area (Å²) in [4.78, 5) is 27.7. The molecule has 2 heterocycles. The molecule has 0 spiro atoms. The van der Waals surface area contributed by atoms with E-state index in [9.17, 15) is 9.59 Å². The summed E-state index contributed by atoms with van der Waals surface area (Å²) in [6.07, 6.45) is 2.69. The van der Waals surface area contributed by atoms with Gasteiger partial charge in [0.25, 0.3) is 0 Å². The molecule has 1 unspecified atom stereocenters. The van der Waals surface area contributed by atoms with E-state index >= 15 is 0 Å². The van der Waals surface area contributed by atoms with Gasteiger partial charge in [0.1, 0.15) is 6.04 Å². The molecule has 19 heavy (non-hydrogen) atoms. The zero-order chi connectivity index (χ0) is 14.0. The molecule has 0 aromatic carbocycles. The average Bonchev–Trinajstić information content (AvgIpc) is 2.79. The summed E-state index contributed by atoms with van der Waals surface area (Å²) < 4.78 is 0. The highest BCUT2D eigenvalue weighted by Crippen LogP contribution is 2.23. The van der Waals surface area contributed by atoms with Crippen molar-refractivity contribution < 1.29 is 9.59 Å². The number of hydrogen-bond acceptors (Lipinski definition) is 3. The van der Waals surface area contributed by atoms with Gasteiger partial charge in [-0.3, -0.25) is 9.59 Å². The zero-order valence-electron chi connectivity index (χ0n) is 12.2. The highest BCUT2D eigenvalue weighted by Gasteiger charge is 2.41. The third-order valence-corrected chi connectivity index (χ3v) is 3.76. The van der Waals surface area contributed by atoms with Gasteiger partial charge in [-0.2, -0.15) is 0 Å². The number of hydrogen-bond donors (Lipinski definition) is 1. The Hall–Kier alpha value is -1.10. The van der Waals surface area contributed by atoms with Gasteiger partial charge in [-0.25, -0.2) is 0 Å². The fourth-order valence-electron chi connectivity index (χ4n) is 2.79. The lowest BCUT2D eigenvalue weighted by molar-refractivity contribution is -0.153. The van der Waals surface area contributed by atoms with Crippen molar-refractivity contribution in [2.75, 3.05) is 26.2 Å². The summed E-state index contributed by atoms with van der Waals surface area (Å²) in [5.41, 5.74) is 0.101. The second kappa shape index (κ2) is 5.49. The number of carbonyl (C=O) groups excluding carboxylic acids is 2. The van der Waals surface area contributed by atoms with E-state index in [2.05, 4.69) is 26.1 Å². The molecule has 1 atom stereocenters. The lowest BCUT2D eigenvalue weighted by atomic mass is 10.1. The van der Waals surface area contributed by atoms with Crippen LogP contribution in [0.2, 0.25) is 0 Å². The molecular weight excluding hydrogens is 242 g/mol. The maximum atomic E-state index is 12.3. The maximum absolute atomic E-state index is 12.3. The summed E-state index contributed by atoms with van der Waals surface area (Å²) in [6.45, 7) is 8.95. The molecule has 0 aromatic heterocycles. The maximum Gasteiger partial charge on any atom is 0.245 e. The highest BCUT2D eigenvalue weighted by atomic mass is 16.2. The standard InChI is InChI=1S/C14H25N3O2/c1-14(2,3)15-7-5-8-16-10-12(18)17-9-4-6-11(17)13(16)19/h11,15H,4-10H2,1-3H3. The third kappa shape index (κ3) is 3.47. The van der Waals surface area contributed by atoms with E-state index < -0.39 is 0 Å². The van der Waals surface area contributed by atoms with Crippen molar-refractivity contribution >= 4 is 11.8 Å². The predicted octanol–water partition coefficient (Wildman–Crippen LogP) is 0.598. The Morgan fingerprint density at radius 1 is 1.32 bits per heavy atom. The van der Waals surface area contributed by atoms with E-state index in [1.165, 1.54) is 0 Å². The van der Waals surface area contributed by atoms with Crippen LogP contribution in [0.25, 0.3) is 0 Å². The van der Waals surface area contributed by atoms with Gasteiger partial charge in [0.15, 0.2) is 0 Å². The molecule has 2 saturated heterocycles. The van der Waals surface area contributed by atoms with Gasteiger partial charge in [0, 0.05) is 18.6 Å². The fraction of sp³-hybridized carbons (Fsp3) is 0.857. The SMILES string of the molecule is CC(C)(C)NCCCN1CC(=O)N2CCCC2C1=O. The molecule has 0 bridgehead atoms. The van der Waals surface area contributed by atoms with Crippen LogP contribution in [0, 0.1) is 0 Å². The predicted molar refractivity (Wildman–Crippen MR) is 73.7 cm³/mol. The molecule has 108 valence electrons. The van der Waals surface area contributed by atoms with Crippen molar-refractivity contribution in [3.05, 3.63) is 0 Å². The van der Waals surface area contributed by atoms with Gasteiger partial charge >= 0.3 is 0 Å². The Labute approximate surface area is 115 Å². The molecule has 0 radical (unpaired) electrons. The Kier molecular flexibility index (Phi) is 4.13. The first-order valence-corrected chi connectivity index (χ1v) is 7.22. The molecule has 1 N–H and O–H groups in total. The number of rotatable bonds is 4. The zero-order valence-corrected chi connectivity index (χ0v) is 12.2. The van der Waals surface area contributed by atoms with Crippen LogP contribution >= 0.6 is 0 Å². The third-order valence-electron chi connectivity index (χ3n) is 3.76. The molecule has 0 aliphatic carbocycles. The van der Waals surface area contributed by atoms with Crippen LogP contribution in [0.4, 0.5) is 0 Å². The first kappa shape index (κ1) is 14.3. The molecule has 5 heteroatoms. The summed E-state index contributed by atoms with van der Waals surface area (Å²) in [6, 6.07) is -0.170. The van der Waals surface area contributed by atoms with E-state index in [4.69, 9.17) is 0 Å². The van der Waals surface area contributed by atoms with Crippen molar-refractivity contribution in [1.29, 1.82) is 0 Å². The van der Waals surface area contributed by atoms with E-state index in [-0.39, 0.29) is 29.9 Å². The Morgan fingerprint density at radius 3 is 2.74 bits per heavy atom. The normalized spacial score (nSPS) is 24.1. The molecule has 2 aliphatic rings. The van der Waals surface area contributed by atoms with Crippen molar-refractivity contribution in [2.45, 2.75) is 51.6 Å². The van der Waals surface area contributed by atoms with E-state index in [1.54, 1.807) is 9.80 Å². The van der Waals surface area contributed by atoms with Gasteiger partial charge in [0.2, 0.25) is 11.8 Å². The summed E-state index contributed by atoms with van der Waals surface area (Å²) in [5.74, 6) is 0.263. The largest absolute Gasteiger partial charge is 0.332 e. The number of nitrogens with zero attached hydrogens (tertiary/aromatic N) is 2. The average molecular weight is 267 g/mol. The Balaban J connectivity index is 1.81. The Bertz CT molecular complexity index is 362. The van der Waals surface area contributed by atoms with Crippen LogP contribution in [0.5, 0.6) is 0 Å². The van der Waals surface area contributed by atoms with Crippen LogP contribution in [0.3, 0.4) is 0 Å². The van der Waals surface area contributed by atoms with E-state index in [1.807, 2.05) is 0 Å². The van der Waals surface area contributed by atoms with Gasteiger partial charge in [0.05, 0.1) is 6.54 Å². The van der Waals surface area contributed by atoms with Crippen molar-refractivity contribution in [1.82, 2.24) is 15.1 Å². The second-order valence-electron chi connectivity index (χ2n) is 6.54. The minimum atomic E-state index is -0.170. The molecule has 2 aliphatic heterocycles. The van der Waals surface area contributed by atoms with Crippen LogP contribution in [-0.4, -0.2) is 59.4 Å². The van der Waals surface area contributed by atoms with E-state index in [0.717, 1.165) is 32.4 Å². The van der Waals surface area contributed by atoms with Gasteiger partial charge in [-0.15, -0.1) is 0 Å². The van der Waals surface area contributed by atoms with Crippen LogP contribution < -0.4 is 5.32 Å². The number of piperazine rings is 1. The molecule has 2 rings (SSSR count). The van der Waals surface area contributed by atoms with Crippen molar-refractivity contribution in [2.24, 2.45) is 0 Å². The number of fused-ring (bicyclic) bond motifs is 1. The lowest BCUT2D eigenvalue weighted by Crippen LogP contribution is -2.57. The quantitative estimate of drug-likeness (QED) is 0.759. The van der Waals surface area contributed by atoms with Gasteiger partial charge < -0.3 is 15.1 Å².